The molecule has 1 aliphatic carbocycles. The fourth-order valence-corrected chi connectivity index (χ4v) is 10.1. The fourth-order valence-electron chi connectivity index (χ4n) is 10.1. The van der Waals surface area contributed by atoms with E-state index in [2.05, 4.69) is 241 Å². The average Bonchev–Trinajstić information content (AvgIpc) is 3.87. The largest absolute Gasteiger partial charge is 0.454 e. The fraction of sp³-hybridized carbons (Fsp3) is 0.0169. The summed E-state index contributed by atoms with van der Waals surface area (Å²) in [5, 5.41) is 4.61. The van der Waals surface area contributed by atoms with Crippen LogP contribution in [0, 0.1) is 0 Å². The van der Waals surface area contributed by atoms with Crippen LogP contribution >= 0.6 is 0 Å². The molecule has 61 heavy (non-hydrogen) atoms. The summed E-state index contributed by atoms with van der Waals surface area (Å²) in [5.41, 5.74) is 16.6. The molecule has 2 nitrogen and oxygen atoms in total. The van der Waals surface area contributed by atoms with Crippen molar-refractivity contribution in [2.45, 2.75) is 5.41 Å². The first-order chi connectivity index (χ1) is 30.3. The predicted molar refractivity (Wildman–Crippen MR) is 254 cm³/mol. The lowest BCUT2D eigenvalue weighted by molar-refractivity contribution is 0.669. The standard InChI is InChI=1S/C59H39NO/c1-5-18-40(19-6-1)41-32-34-45(35-33-41)60(55-31-17-29-50-57-49-28-14-13-26-47(49)51(39-56(57)61-58(50)55)42-20-7-2-8-21-42)46-36-37-54-52(38-46)48-27-15-16-30-53(48)59(54,43-22-9-3-10-23-43)44-24-11-4-12-25-44/h1-39H. The number of benzene rings is 10. The topological polar surface area (TPSA) is 16.4 Å². The molecular weight excluding hydrogens is 739 g/mol. The van der Waals surface area contributed by atoms with E-state index in [1.807, 2.05) is 0 Å². The van der Waals surface area contributed by atoms with E-state index < -0.39 is 5.41 Å². The molecule has 0 radical (unpaired) electrons. The van der Waals surface area contributed by atoms with Crippen molar-refractivity contribution in [2.75, 3.05) is 4.90 Å². The molecular formula is C59H39NO. The van der Waals surface area contributed by atoms with Crippen LogP contribution in [0.25, 0.3) is 66.1 Å². The van der Waals surface area contributed by atoms with Gasteiger partial charge in [0.25, 0.3) is 0 Å². The third-order valence-corrected chi connectivity index (χ3v) is 12.7. The molecule has 0 amide bonds. The van der Waals surface area contributed by atoms with Crippen LogP contribution < -0.4 is 4.90 Å². The van der Waals surface area contributed by atoms with Gasteiger partial charge in [-0.05, 0) is 103 Å². The molecule has 0 aliphatic heterocycles. The molecule has 0 atom stereocenters. The van der Waals surface area contributed by atoms with Gasteiger partial charge in [-0.1, -0.05) is 200 Å². The highest BCUT2D eigenvalue weighted by Crippen LogP contribution is 2.57. The van der Waals surface area contributed by atoms with Crippen LogP contribution in [-0.2, 0) is 5.41 Å². The maximum atomic E-state index is 7.13. The van der Waals surface area contributed by atoms with Gasteiger partial charge < -0.3 is 9.32 Å². The lowest BCUT2D eigenvalue weighted by Crippen LogP contribution is -2.28. The van der Waals surface area contributed by atoms with Crippen molar-refractivity contribution in [1.29, 1.82) is 0 Å². The average molecular weight is 778 g/mol. The summed E-state index contributed by atoms with van der Waals surface area (Å²) in [5.74, 6) is 0. The molecule has 0 fully saturated rings. The van der Waals surface area contributed by atoms with Crippen LogP contribution in [0.1, 0.15) is 22.3 Å². The first-order valence-corrected chi connectivity index (χ1v) is 21.0. The van der Waals surface area contributed by atoms with Crippen molar-refractivity contribution in [1.82, 2.24) is 0 Å². The zero-order valence-corrected chi connectivity index (χ0v) is 33.4. The van der Waals surface area contributed by atoms with Gasteiger partial charge in [-0.15, -0.1) is 0 Å². The quantitative estimate of drug-likeness (QED) is 0.160. The number of hydrogen-bond donors (Lipinski definition) is 0. The van der Waals surface area contributed by atoms with Crippen molar-refractivity contribution in [2.24, 2.45) is 0 Å². The summed E-state index contributed by atoms with van der Waals surface area (Å²) in [7, 11) is 0. The summed E-state index contributed by atoms with van der Waals surface area (Å²) in [6.45, 7) is 0. The molecule has 0 saturated carbocycles. The third-order valence-electron chi connectivity index (χ3n) is 12.7. The van der Waals surface area contributed by atoms with E-state index in [9.17, 15) is 0 Å². The van der Waals surface area contributed by atoms with Crippen LogP contribution in [0.3, 0.4) is 0 Å². The van der Waals surface area contributed by atoms with Crippen molar-refractivity contribution < 1.29 is 4.42 Å². The van der Waals surface area contributed by atoms with E-state index in [1.54, 1.807) is 0 Å². The number of furan rings is 1. The second-order valence-corrected chi connectivity index (χ2v) is 16.0. The first kappa shape index (κ1) is 35.0. The molecule has 0 spiro atoms. The summed E-state index contributed by atoms with van der Waals surface area (Å²) in [6.07, 6.45) is 0. The van der Waals surface area contributed by atoms with Crippen molar-refractivity contribution in [3.8, 4) is 33.4 Å². The molecule has 11 aromatic rings. The third kappa shape index (κ3) is 5.43. The van der Waals surface area contributed by atoms with Gasteiger partial charge in [0.2, 0.25) is 0 Å². The molecule has 0 saturated heterocycles. The number of nitrogens with zero attached hydrogens (tertiary/aromatic N) is 1. The minimum atomic E-state index is -0.481. The lowest BCUT2D eigenvalue weighted by atomic mass is 9.68. The highest BCUT2D eigenvalue weighted by Gasteiger charge is 2.46. The van der Waals surface area contributed by atoms with Gasteiger partial charge in [0.1, 0.15) is 5.58 Å². The molecule has 1 heterocycles. The lowest BCUT2D eigenvalue weighted by Gasteiger charge is -2.34. The SMILES string of the molecule is c1ccc(-c2ccc(N(c3ccc4c(c3)-c3ccccc3C4(c3ccccc3)c3ccccc3)c3cccc4c3oc3cc(-c5ccccc5)c5ccccc5c34)cc2)cc1. The number of hydrogen-bond acceptors (Lipinski definition) is 2. The van der Waals surface area contributed by atoms with E-state index in [0.29, 0.717) is 0 Å². The first-order valence-electron chi connectivity index (χ1n) is 21.0. The number of para-hydroxylation sites is 1. The van der Waals surface area contributed by atoms with Crippen LogP contribution in [0.4, 0.5) is 17.1 Å². The molecule has 0 bridgehead atoms. The maximum absolute atomic E-state index is 7.13. The highest BCUT2D eigenvalue weighted by atomic mass is 16.3. The molecule has 0 N–H and O–H groups in total. The Bertz CT molecular complexity index is 3350. The Hall–Kier alpha value is -7.94. The summed E-state index contributed by atoms with van der Waals surface area (Å²) < 4.78 is 7.13. The van der Waals surface area contributed by atoms with Gasteiger partial charge in [-0.25, -0.2) is 0 Å². The van der Waals surface area contributed by atoms with Crippen LogP contribution in [0.2, 0.25) is 0 Å². The van der Waals surface area contributed by atoms with Gasteiger partial charge in [-0.2, -0.15) is 0 Å². The molecule has 1 aromatic heterocycles. The van der Waals surface area contributed by atoms with Gasteiger partial charge in [0, 0.05) is 22.1 Å². The highest BCUT2D eigenvalue weighted by molar-refractivity contribution is 6.23. The zero-order valence-electron chi connectivity index (χ0n) is 33.4. The smallest absolute Gasteiger partial charge is 0.159 e. The summed E-state index contributed by atoms with van der Waals surface area (Å²) >= 11 is 0. The zero-order chi connectivity index (χ0) is 40.3. The number of fused-ring (bicyclic) bond motifs is 8. The molecule has 10 aromatic carbocycles. The summed E-state index contributed by atoms with van der Waals surface area (Å²) in [4.78, 5) is 2.38. The van der Waals surface area contributed by atoms with Crippen molar-refractivity contribution >= 4 is 49.8 Å². The second kappa shape index (κ2) is 14.1. The van der Waals surface area contributed by atoms with E-state index in [1.165, 1.54) is 60.8 Å². The minimum Gasteiger partial charge on any atom is -0.454 e. The van der Waals surface area contributed by atoms with Crippen LogP contribution in [-0.4, -0.2) is 0 Å². The Labute approximate surface area is 355 Å². The predicted octanol–water partition coefficient (Wildman–Crippen LogP) is 15.9. The Morgan fingerprint density at radius 2 is 0.885 bits per heavy atom. The number of anilines is 3. The normalized spacial score (nSPS) is 12.7. The van der Waals surface area contributed by atoms with Crippen LogP contribution in [0.15, 0.2) is 241 Å². The van der Waals surface area contributed by atoms with E-state index in [-0.39, 0.29) is 0 Å². The molecule has 0 unspecified atom stereocenters. The summed E-state index contributed by atoms with van der Waals surface area (Å²) in [6, 6.07) is 85.7. The minimum absolute atomic E-state index is 0.481. The monoisotopic (exact) mass is 777 g/mol. The Balaban J connectivity index is 1.11. The molecule has 1 aliphatic rings. The number of rotatable bonds is 7. The van der Waals surface area contributed by atoms with Gasteiger partial charge in [-0.3, -0.25) is 0 Å². The van der Waals surface area contributed by atoms with Gasteiger partial charge >= 0.3 is 0 Å². The van der Waals surface area contributed by atoms with Crippen molar-refractivity contribution in [3.63, 3.8) is 0 Å². The Kier molecular flexibility index (Phi) is 8.11. The molecule has 286 valence electrons. The Morgan fingerprint density at radius 1 is 0.344 bits per heavy atom. The van der Waals surface area contributed by atoms with E-state index >= 15 is 0 Å². The van der Waals surface area contributed by atoms with Gasteiger partial charge in [0.15, 0.2) is 5.58 Å². The van der Waals surface area contributed by atoms with Crippen LogP contribution in [0.5, 0.6) is 0 Å². The second-order valence-electron chi connectivity index (χ2n) is 16.0. The van der Waals surface area contributed by atoms with Gasteiger partial charge in [0.05, 0.1) is 11.1 Å². The molecule has 12 rings (SSSR count). The van der Waals surface area contributed by atoms with Crippen molar-refractivity contribution in [3.05, 3.63) is 259 Å². The van der Waals surface area contributed by atoms with E-state index in [4.69, 9.17) is 4.42 Å². The van der Waals surface area contributed by atoms with E-state index in [0.717, 1.165) is 44.6 Å². The maximum Gasteiger partial charge on any atom is 0.159 e. The Morgan fingerprint density at radius 3 is 1.59 bits per heavy atom. The molecule has 2 heteroatoms.